The zero-order chi connectivity index (χ0) is 16.1. The number of alkyl halides is 6. The molecule has 3 unspecified atom stereocenters. The van der Waals surface area contributed by atoms with E-state index in [0.717, 1.165) is 16.0 Å². The summed E-state index contributed by atoms with van der Waals surface area (Å²) in [7, 11) is 0. The Morgan fingerprint density at radius 3 is 1.33 bits per heavy atom. The molecule has 0 radical (unpaired) electrons. The zero-order valence-corrected chi connectivity index (χ0v) is 21.0. The molecule has 0 spiro atoms. The fraction of sp³-hybridized carbons (Fsp3) is 1.00. The highest BCUT2D eigenvalue weighted by Gasteiger charge is 2.14. The summed E-state index contributed by atoms with van der Waals surface area (Å²) in [5, 5.41) is 2.57. The van der Waals surface area contributed by atoms with Gasteiger partial charge in [0.2, 0.25) is 0 Å². The van der Waals surface area contributed by atoms with Gasteiger partial charge in [-0.3, -0.25) is 0 Å². The van der Waals surface area contributed by atoms with Gasteiger partial charge in [0.1, 0.15) is 6.10 Å². The van der Waals surface area contributed by atoms with E-state index >= 15 is 0 Å². The van der Waals surface area contributed by atoms with Gasteiger partial charge in [-0.1, -0.05) is 95.6 Å². The molecule has 9 heteroatoms. The van der Waals surface area contributed by atoms with Crippen LogP contribution < -0.4 is 0 Å². The molecule has 0 aliphatic rings. The number of rotatable bonds is 14. The first kappa shape index (κ1) is 23.8. The Balaban J connectivity index is 4.01. The molecule has 0 saturated heterocycles. The third kappa shape index (κ3) is 14.8. The lowest BCUT2D eigenvalue weighted by Gasteiger charge is -2.20. The molecule has 0 heterocycles. The van der Waals surface area contributed by atoms with Crippen molar-refractivity contribution in [3.05, 3.63) is 0 Å². The third-order valence-corrected chi connectivity index (χ3v) is 8.94. The van der Waals surface area contributed by atoms with Gasteiger partial charge in [-0.05, 0) is 0 Å². The second-order valence-electron chi connectivity index (χ2n) is 4.29. The molecule has 21 heavy (non-hydrogen) atoms. The first-order valence-electron chi connectivity index (χ1n) is 6.40. The molecule has 0 aromatic heterocycles. The molecule has 3 atom stereocenters. The maximum Gasteiger partial charge on any atom is 0.104 e. The van der Waals surface area contributed by atoms with Gasteiger partial charge in [0.15, 0.2) is 0 Å². The molecule has 0 aromatic rings. The Kier molecular flexibility index (Phi) is 18.4. The van der Waals surface area contributed by atoms with Crippen LogP contribution in [0.2, 0.25) is 0 Å². The van der Waals surface area contributed by atoms with Gasteiger partial charge in [-0.25, -0.2) is 0 Å². The molecular formula is C12H20Br6O3. The second kappa shape index (κ2) is 16.2. The highest BCUT2D eigenvalue weighted by atomic mass is 79.9. The van der Waals surface area contributed by atoms with Crippen molar-refractivity contribution in [2.75, 3.05) is 49.0 Å². The SMILES string of the molecule is BrCC(Br)COCC(COCC(Br)CBr)OCC(Br)CBr. The van der Waals surface area contributed by atoms with Crippen molar-refractivity contribution >= 4 is 95.6 Å². The topological polar surface area (TPSA) is 27.7 Å². The Morgan fingerprint density at radius 1 is 0.571 bits per heavy atom. The molecule has 0 N–H and O–H groups in total. The maximum absolute atomic E-state index is 5.84. The third-order valence-electron chi connectivity index (χ3n) is 2.22. The summed E-state index contributed by atoms with van der Waals surface area (Å²) < 4.78 is 17.2. The van der Waals surface area contributed by atoms with Crippen LogP contribution >= 0.6 is 95.6 Å². The number of hydrogen-bond acceptors (Lipinski definition) is 3. The second-order valence-corrected chi connectivity index (χ2v) is 10.1. The van der Waals surface area contributed by atoms with Crippen molar-refractivity contribution in [1.82, 2.24) is 0 Å². The van der Waals surface area contributed by atoms with E-state index in [4.69, 9.17) is 14.2 Å². The summed E-state index contributed by atoms with van der Waals surface area (Å²) in [4.78, 5) is 0.912. The first-order chi connectivity index (χ1) is 10.0. The Bertz CT molecular complexity index is 221. The summed E-state index contributed by atoms with van der Waals surface area (Å²) in [6, 6.07) is 0. The van der Waals surface area contributed by atoms with E-state index in [1.807, 2.05) is 0 Å². The van der Waals surface area contributed by atoms with Crippen molar-refractivity contribution in [3.8, 4) is 0 Å². The van der Waals surface area contributed by atoms with Crippen LogP contribution in [0.25, 0.3) is 0 Å². The molecule has 128 valence electrons. The Hall–Kier alpha value is 2.76. The van der Waals surface area contributed by atoms with E-state index in [0.29, 0.717) is 42.7 Å². The van der Waals surface area contributed by atoms with Gasteiger partial charge in [0.05, 0.1) is 33.0 Å². The molecule has 0 aromatic carbocycles. The van der Waals surface area contributed by atoms with E-state index in [2.05, 4.69) is 95.6 Å². The van der Waals surface area contributed by atoms with Gasteiger partial charge < -0.3 is 14.2 Å². The van der Waals surface area contributed by atoms with Gasteiger partial charge in [-0.15, -0.1) is 0 Å². The van der Waals surface area contributed by atoms with Crippen LogP contribution in [0.15, 0.2) is 0 Å². The minimum Gasteiger partial charge on any atom is -0.377 e. The normalized spacial score (nSPS) is 17.4. The molecule has 0 amide bonds. The fourth-order valence-electron chi connectivity index (χ4n) is 1.17. The summed E-state index contributed by atoms with van der Waals surface area (Å²) in [5.74, 6) is 0. The maximum atomic E-state index is 5.84. The van der Waals surface area contributed by atoms with Gasteiger partial charge in [0, 0.05) is 30.5 Å². The van der Waals surface area contributed by atoms with E-state index in [1.54, 1.807) is 0 Å². The summed E-state index contributed by atoms with van der Waals surface area (Å²) in [6.45, 7) is 2.96. The van der Waals surface area contributed by atoms with Crippen molar-refractivity contribution in [2.24, 2.45) is 0 Å². The molecule has 0 fully saturated rings. The van der Waals surface area contributed by atoms with Crippen LogP contribution in [0, 0.1) is 0 Å². The fourth-order valence-corrected chi connectivity index (χ4v) is 2.26. The van der Waals surface area contributed by atoms with E-state index in [-0.39, 0.29) is 10.9 Å². The van der Waals surface area contributed by atoms with Crippen LogP contribution in [0.3, 0.4) is 0 Å². The molecule has 0 rings (SSSR count). The Morgan fingerprint density at radius 2 is 0.952 bits per heavy atom. The summed E-state index contributed by atoms with van der Waals surface area (Å²) in [5.41, 5.74) is 0. The molecular weight excluding hydrogens is 672 g/mol. The van der Waals surface area contributed by atoms with E-state index < -0.39 is 0 Å². The van der Waals surface area contributed by atoms with Gasteiger partial charge >= 0.3 is 0 Å². The predicted octanol–water partition coefficient (Wildman–Crippen LogP) is 4.88. The zero-order valence-electron chi connectivity index (χ0n) is 11.5. The summed E-state index contributed by atoms with van der Waals surface area (Å²) in [6.07, 6.45) is -0.0610. The first-order valence-corrected chi connectivity index (χ1v) is 12.5. The van der Waals surface area contributed by atoms with Crippen molar-refractivity contribution in [1.29, 1.82) is 0 Å². The van der Waals surface area contributed by atoms with Crippen LogP contribution in [0.5, 0.6) is 0 Å². The van der Waals surface area contributed by atoms with Crippen LogP contribution in [0.4, 0.5) is 0 Å². The van der Waals surface area contributed by atoms with E-state index in [9.17, 15) is 0 Å². The highest BCUT2D eigenvalue weighted by Crippen LogP contribution is 2.09. The lowest BCUT2D eigenvalue weighted by Crippen LogP contribution is -2.30. The molecule has 3 nitrogen and oxygen atoms in total. The quantitative estimate of drug-likeness (QED) is 0.244. The molecule has 0 aliphatic heterocycles. The Labute approximate surface area is 177 Å². The van der Waals surface area contributed by atoms with E-state index in [1.165, 1.54) is 0 Å². The monoisotopic (exact) mass is 686 g/mol. The molecule has 0 bridgehead atoms. The minimum absolute atomic E-state index is 0.0610. The van der Waals surface area contributed by atoms with Gasteiger partial charge in [0.25, 0.3) is 0 Å². The van der Waals surface area contributed by atoms with Crippen LogP contribution in [0.1, 0.15) is 0 Å². The van der Waals surface area contributed by atoms with Crippen molar-refractivity contribution in [3.63, 3.8) is 0 Å². The minimum atomic E-state index is -0.0610. The van der Waals surface area contributed by atoms with Gasteiger partial charge in [-0.2, -0.15) is 0 Å². The largest absolute Gasteiger partial charge is 0.377 e. The lowest BCUT2D eigenvalue weighted by molar-refractivity contribution is -0.0567. The average Bonchev–Trinajstić information content (AvgIpc) is 2.50. The van der Waals surface area contributed by atoms with Crippen molar-refractivity contribution < 1.29 is 14.2 Å². The number of hydrogen-bond donors (Lipinski definition) is 0. The lowest BCUT2D eigenvalue weighted by atomic mass is 10.4. The van der Waals surface area contributed by atoms with Crippen LogP contribution in [-0.4, -0.2) is 69.6 Å². The molecule has 0 saturated carbocycles. The number of ether oxygens (including phenoxy) is 3. The smallest absolute Gasteiger partial charge is 0.104 e. The molecule has 0 aliphatic carbocycles. The predicted molar refractivity (Wildman–Crippen MR) is 111 cm³/mol. The number of halogens is 6. The summed E-state index contributed by atoms with van der Waals surface area (Å²) >= 11 is 20.8. The van der Waals surface area contributed by atoms with Crippen molar-refractivity contribution in [2.45, 2.75) is 20.6 Å². The standard InChI is InChI=1S/C12H20Br6O3/c13-1-9(16)4-19-7-12(21-6-11(18)3-15)8-20-5-10(17)2-14/h9-12H,1-8H2. The van der Waals surface area contributed by atoms with Crippen LogP contribution in [-0.2, 0) is 14.2 Å². The highest BCUT2D eigenvalue weighted by molar-refractivity contribution is 9.12. The average molecular weight is 692 g/mol.